The molecule has 0 saturated carbocycles. The molecule has 1 aromatic rings. The van der Waals surface area contributed by atoms with Crippen molar-refractivity contribution in [3.05, 3.63) is 30.3 Å². The maximum Gasteiger partial charge on any atom is 0.262 e. The minimum atomic E-state index is -1.67. The van der Waals surface area contributed by atoms with Crippen molar-refractivity contribution in [3.8, 4) is 0 Å². The molecule has 0 unspecified atom stereocenters. The zero-order valence-electron chi connectivity index (χ0n) is 16.0. The van der Waals surface area contributed by atoms with Gasteiger partial charge >= 0.3 is 0 Å². The molecule has 0 amide bonds. The van der Waals surface area contributed by atoms with E-state index in [9.17, 15) is 0 Å². The first-order valence-corrected chi connectivity index (χ1v) is 11.5. The van der Waals surface area contributed by atoms with Gasteiger partial charge in [0.1, 0.15) is 5.30 Å². The lowest BCUT2D eigenvalue weighted by molar-refractivity contribution is 0.266. The molecule has 2 fully saturated rings. The van der Waals surface area contributed by atoms with Crippen LogP contribution in [-0.2, 0) is 0 Å². The van der Waals surface area contributed by atoms with E-state index < -0.39 is 7.71 Å². The van der Waals surface area contributed by atoms with Crippen molar-refractivity contribution < 1.29 is 0 Å². The first-order valence-electron chi connectivity index (χ1n) is 9.83. The minimum absolute atomic E-state index is 0.555. The Labute approximate surface area is 149 Å². The van der Waals surface area contributed by atoms with Crippen LogP contribution in [0.2, 0.25) is 0 Å². The highest BCUT2D eigenvalue weighted by Crippen LogP contribution is 2.69. The third kappa shape index (κ3) is 3.17. The van der Waals surface area contributed by atoms with Crippen LogP contribution < -0.4 is 5.30 Å². The summed E-state index contributed by atoms with van der Waals surface area (Å²) in [5.74, 6) is 0. The van der Waals surface area contributed by atoms with Crippen molar-refractivity contribution in [2.75, 3.05) is 26.2 Å². The van der Waals surface area contributed by atoms with Gasteiger partial charge in [-0.2, -0.15) is 0 Å². The van der Waals surface area contributed by atoms with Gasteiger partial charge in [-0.1, -0.05) is 18.2 Å². The summed E-state index contributed by atoms with van der Waals surface area (Å²) in [5.41, 5.74) is 0. The fourth-order valence-electron chi connectivity index (χ4n) is 4.76. The zero-order valence-corrected chi connectivity index (χ0v) is 16.9. The van der Waals surface area contributed by atoms with Crippen molar-refractivity contribution >= 4 is 13.0 Å². The van der Waals surface area contributed by atoms with Crippen LogP contribution in [0.15, 0.2) is 30.3 Å². The van der Waals surface area contributed by atoms with Crippen molar-refractivity contribution in [1.29, 1.82) is 0 Å². The average molecular weight is 348 g/mol. The summed E-state index contributed by atoms with van der Waals surface area (Å²) in [6.45, 7) is 14.6. The van der Waals surface area contributed by atoms with E-state index in [1.165, 1.54) is 51.9 Å². The second-order valence-electron chi connectivity index (χ2n) is 7.79. The molecule has 2 heterocycles. The molecule has 0 radical (unpaired) electrons. The van der Waals surface area contributed by atoms with Gasteiger partial charge in [-0.05, 0) is 65.5 Å². The fraction of sp³-hybridized carbons (Fsp3) is 0.700. The third-order valence-electron chi connectivity index (χ3n) is 5.44. The smallest absolute Gasteiger partial charge is 0.144 e. The molecule has 4 heteroatoms. The minimum Gasteiger partial charge on any atom is -0.144 e. The SMILES string of the molecule is CC(C)N(C(C)C)[P+](c1ccccc1)(N1CCCC1)N1CCCC1. The van der Waals surface area contributed by atoms with Crippen LogP contribution in [0.1, 0.15) is 53.4 Å². The van der Waals surface area contributed by atoms with Gasteiger partial charge in [0.2, 0.25) is 0 Å². The summed E-state index contributed by atoms with van der Waals surface area (Å²) >= 11 is 0. The Morgan fingerprint density at radius 2 is 1.17 bits per heavy atom. The van der Waals surface area contributed by atoms with E-state index in [4.69, 9.17) is 0 Å². The van der Waals surface area contributed by atoms with Crippen molar-refractivity contribution in [3.63, 3.8) is 0 Å². The Balaban J connectivity index is 2.18. The lowest BCUT2D eigenvalue weighted by Gasteiger charge is -2.48. The van der Waals surface area contributed by atoms with Gasteiger partial charge in [0.15, 0.2) is 0 Å². The fourth-order valence-corrected chi connectivity index (χ4v) is 10.2. The van der Waals surface area contributed by atoms with Gasteiger partial charge in [0, 0.05) is 38.3 Å². The highest BCUT2D eigenvalue weighted by atomic mass is 31.2. The summed E-state index contributed by atoms with van der Waals surface area (Å²) in [4.78, 5) is 0. The highest BCUT2D eigenvalue weighted by Gasteiger charge is 2.60. The molecule has 2 aliphatic heterocycles. The topological polar surface area (TPSA) is 9.72 Å². The Hall–Kier alpha value is -0.470. The zero-order chi connectivity index (χ0) is 17.2. The summed E-state index contributed by atoms with van der Waals surface area (Å²) in [7, 11) is -1.67. The van der Waals surface area contributed by atoms with Gasteiger partial charge in [-0.3, -0.25) is 0 Å². The second-order valence-corrected chi connectivity index (χ2v) is 11.0. The summed E-state index contributed by atoms with van der Waals surface area (Å²) < 4.78 is 8.64. The van der Waals surface area contributed by atoms with Crippen LogP contribution >= 0.6 is 7.71 Å². The number of nitrogens with zero attached hydrogens (tertiary/aromatic N) is 3. The molecule has 24 heavy (non-hydrogen) atoms. The molecule has 2 aliphatic rings. The van der Waals surface area contributed by atoms with E-state index in [1.54, 1.807) is 5.30 Å². The Bertz CT molecular complexity index is 481. The molecule has 1 aromatic carbocycles. The number of hydrogen-bond acceptors (Lipinski definition) is 3. The first kappa shape index (κ1) is 18.3. The largest absolute Gasteiger partial charge is 0.262 e. The summed E-state index contributed by atoms with van der Waals surface area (Å²) in [5, 5.41) is 1.57. The van der Waals surface area contributed by atoms with Crippen LogP contribution in [0.4, 0.5) is 0 Å². The van der Waals surface area contributed by atoms with Crippen molar-refractivity contribution in [2.45, 2.75) is 65.5 Å². The van der Waals surface area contributed by atoms with E-state index in [-0.39, 0.29) is 0 Å². The molecular formula is C20H35N3P+. The molecule has 134 valence electrons. The van der Waals surface area contributed by atoms with Gasteiger partial charge in [0.05, 0.1) is 0 Å². The molecule has 3 nitrogen and oxygen atoms in total. The highest BCUT2D eigenvalue weighted by molar-refractivity contribution is 7.76. The predicted molar refractivity (Wildman–Crippen MR) is 107 cm³/mol. The third-order valence-corrected chi connectivity index (χ3v) is 10.4. The van der Waals surface area contributed by atoms with Gasteiger partial charge in [0.25, 0.3) is 7.71 Å². The lowest BCUT2D eigenvalue weighted by Crippen LogP contribution is -2.53. The van der Waals surface area contributed by atoms with Gasteiger partial charge in [-0.15, -0.1) is 14.0 Å². The van der Waals surface area contributed by atoms with Crippen LogP contribution in [0.3, 0.4) is 0 Å². The normalized spacial score (nSPS) is 20.8. The van der Waals surface area contributed by atoms with Crippen LogP contribution in [0.5, 0.6) is 0 Å². The van der Waals surface area contributed by atoms with Crippen LogP contribution in [0.25, 0.3) is 0 Å². The number of rotatable bonds is 6. The average Bonchev–Trinajstić information content (AvgIpc) is 3.26. The quantitative estimate of drug-likeness (QED) is 0.706. The summed E-state index contributed by atoms with van der Waals surface area (Å²) in [6.07, 6.45) is 5.41. The monoisotopic (exact) mass is 348 g/mol. The predicted octanol–water partition coefficient (Wildman–Crippen LogP) is 4.38. The van der Waals surface area contributed by atoms with Crippen LogP contribution in [-0.4, -0.2) is 52.3 Å². The number of benzene rings is 1. The Morgan fingerprint density at radius 3 is 1.54 bits per heavy atom. The first-order chi connectivity index (χ1) is 11.6. The maximum absolute atomic E-state index is 2.88. The molecule has 0 atom stereocenters. The Morgan fingerprint density at radius 1 is 0.750 bits per heavy atom. The molecule has 0 aliphatic carbocycles. The van der Waals surface area contributed by atoms with Gasteiger partial charge in [-0.25, -0.2) is 0 Å². The molecule has 0 aromatic heterocycles. The standard InChI is InChI=1S/C20H35N3P/c1-18(2)23(19(3)4)24(21-14-8-9-15-21,22-16-10-11-17-22)20-12-6-5-7-13-20/h5-7,12-13,18-19H,8-11,14-17H2,1-4H3/q+1. The molecule has 2 saturated heterocycles. The molecule has 0 N–H and O–H groups in total. The van der Waals surface area contributed by atoms with E-state index in [0.717, 1.165) is 0 Å². The number of hydrogen-bond donors (Lipinski definition) is 0. The molecular weight excluding hydrogens is 313 g/mol. The van der Waals surface area contributed by atoms with Crippen molar-refractivity contribution in [1.82, 2.24) is 14.0 Å². The summed E-state index contributed by atoms with van der Waals surface area (Å²) in [6, 6.07) is 12.6. The second kappa shape index (κ2) is 7.83. The Kier molecular flexibility index (Phi) is 5.98. The molecule has 0 bridgehead atoms. The van der Waals surface area contributed by atoms with E-state index >= 15 is 0 Å². The van der Waals surface area contributed by atoms with E-state index in [2.05, 4.69) is 72.0 Å². The molecule has 0 spiro atoms. The van der Waals surface area contributed by atoms with E-state index in [1.807, 2.05) is 0 Å². The van der Waals surface area contributed by atoms with E-state index in [0.29, 0.717) is 12.1 Å². The maximum atomic E-state index is 2.88. The lowest BCUT2D eigenvalue weighted by atomic mass is 10.3. The molecule has 3 rings (SSSR count). The van der Waals surface area contributed by atoms with Crippen LogP contribution in [0, 0.1) is 0 Å². The van der Waals surface area contributed by atoms with Crippen molar-refractivity contribution in [2.24, 2.45) is 0 Å². The van der Waals surface area contributed by atoms with Gasteiger partial charge < -0.3 is 0 Å².